The van der Waals surface area contributed by atoms with Crippen molar-refractivity contribution in [3.63, 3.8) is 0 Å². The third kappa shape index (κ3) is 5.00. The predicted octanol–water partition coefficient (Wildman–Crippen LogP) is 5.03. The lowest BCUT2D eigenvalue weighted by atomic mass is 9.75. The van der Waals surface area contributed by atoms with Gasteiger partial charge in [0.15, 0.2) is 0 Å². The first kappa shape index (κ1) is 20.1. The standard InChI is InChI=1S/C23H30BFO2/c1-2-3-4-7-17-10-12-18(13-11-17)20-8-5-6-9-21(20)19-14-15-22(24(26)27)23(25)16-19/h5-6,8-9,14-18,26-27H,2-4,7,10-13H2,1H3. The lowest BCUT2D eigenvalue weighted by molar-refractivity contribution is 0.303. The molecule has 2 aromatic carbocycles. The Morgan fingerprint density at radius 2 is 1.74 bits per heavy atom. The summed E-state index contributed by atoms with van der Waals surface area (Å²) < 4.78 is 14.2. The Morgan fingerprint density at radius 1 is 1.00 bits per heavy atom. The van der Waals surface area contributed by atoms with Crippen LogP contribution < -0.4 is 5.46 Å². The van der Waals surface area contributed by atoms with Gasteiger partial charge >= 0.3 is 7.12 Å². The summed E-state index contributed by atoms with van der Waals surface area (Å²) in [6.07, 6.45) is 10.3. The molecule has 0 amide bonds. The highest BCUT2D eigenvalue weighted by Gasteiger charge is 2.24. The fourth-order valence-electron chi connectivity index (χ4n) is 4.47. The largest absolute Gasteiger partial charge is 0.491 e. The van der Waals surface area contributed by atoms with Gasteiger partial charge in [-0.05, 0) is 60.3 Å². The molecule has 0 atom stereocenters. The molecule has 1 aliphatic carbocycles. The number of hydrogen-bond acceptors (Lipinski definition) is 2. The van der Waals surface area contributed by atoms with E-state index in [1.54, 1.807) is 6.07 Å². The van der Waals surface area contributed by atoms with Gasteiger partial charge in [-0.15, -0.1) is 0 Å². The molecule has 0 bridgehead atoms. The minimum absolute atomic E-state index is 0.0798. The number of halogens is 1. The van der Waals surface area contributed by atoms with Crippen LogP contribution in [0.3, 0.4) is 0 Å². The van der Waals surface area contributed by atoms with E-state index < -0.39 is 12.9 Å². The molecule has 1 saturated carbocycles. The molecule has 0 unspecified atom stereocenters. The van der Waals surface area contributed by atoms with Gasteiger partial charge in [0.1, 0.15) is 5.82 Å². The van der Waals surface area contributed by atoms with Crippen molar-refractivity contribution in [3.8, 4) is 11.1 Å². The minimum Gasteiger partial charge on any atom is -0.423 e. The average molecular weight is 368 g/mol. The zero-order valence-corrected chi connectivity index (χ0v) is 16.2. The Morgan fingerprint density at radius 3 is 2.41 bits per heavy atom. The van der Waals surface area contributed by atoms with E-state index in [2.05, 4.69) is 19.1 Å². The summed E-state index contributed by atoms with van der Waals surface area (Å²) in [5.74, 6) is 0.814. The van der Waals surface area contributed by atoms with Gasteiger partial charge in [0.2, 0.25) is 0 Å². The second-order valence-electron chi connectivity index (χ2n) is 7.91. The van der Waals surface area contributed by atoms with Crippen LogP contribution in [0.1, 0.15) is 69.8 Å². The molecule has 144 valence electrons. The molecule has 27 heavy (non-hydrogen) atoms. The minimum atomic E-state index is -1.78. The summed E-state index contributed by atoms with van der Waals surface area (Å²) >= 11 is 0. The van der Waals surface area contributed by atoms with Crippen LogP contribution in [0.4, 0.5) is 4.39 Å². The van der Waals surface area contributed by atoms with Gasteiger partial charge in [-0.25, -0.2) is 4.39 Å². The van der Waals surface area contributed by atoms with E-state index >= 15 is 0 Å². The van der Waals surface area contributed by atoms with E-state index in [0.29, 0.717) is 5.92 Å². The third-order valence-electron chi connectivity index (χ3n) is 6.05. The van der Waals surface area contributed by atoms with Crippen LogP contribution in [0.5, 0.6) is 0 Å². The summed E-state index contributed by atoms with van der Waals surface area (Å²) in [6.45, 7) is 2.25. The summed E-state index contributed by atoms with van der Waals surface area (Å²) in [5.41, 5.74) is 3.08. The molecule has 2 nitrogen and oxygen atoms in total. The third-order valence-corrected chi connectivity index (χ3v) is 6.05. The molecular weight excluding hydrogens is 338 g/mol. The second-order valence-corrected chi connectivity index (χ2v) is 7.91. The van der Waals surface area contributed by atoms with E-state index in [1.165, 1.54) is 69.1 Å². The fourth-order valence-corrected chi connectivity index (χ4v) is 4.47. The van der Waals surface area contributed by atoms with E-state index in [0.717, 1.165) is 17.0 Å². The molecule has 0 radical (unpaired) electrons. The average Bonchev–Trinajstić information content (AvgIpc) is 2.68. The molecule has 0 heterocycles. The number of unbranched alkanes of at least 4 members (excludes halogenated alkanes) is 2. The first-order valence-electron chi connectivity index (χ1n) is 10.3. The van der Waals surface area contributed by atoms with E-state index in [4.69, 9.17) is 0 Å². The molecule has 0 spiro atoms. The van der Waals surface area contributed by atoms with Gasteiger partial charge in [0, 0.05) is 5.46 Å². The molecule has 1 fully saturated rings. The van der Waals surface area contributed by atoms with Gasteiger partial charge < -0.3 is 10.0 Å². The molecule has 0 aromatic heterocycles. The quantitative estimate of drug-likeness (QED) is 0.532. The maximum absolute atomic E-state index is 14.2. The van der Waals surface area contributed by atoms with Crippen molar-refractivity contribution in [3.05, 3.63) is 53.8 Å². The topological polar surface area (TPSA) is 40.5 Å². The first-order valence-corrected chi connectivity index (χ1v) is 10.3. The smallest absolute Gasteiger partial charge is 0.423 e. The summed E-state index contributed by atoms with van der Waals surface area (Å²) in [7, 11) is -1.78. The molecule has 2 aromatic rings. The molecule has 4 heteroatoms. The molecule has 0 saturated heterocycles. The monoisotopic (exact) mass is 368 g/mol. The normalized spacial score (nSPS) is 19.9. The van der Waals surface area contributed by atoms with Crippen molar-refractivity contribution in [2.24, 2.45) is 5.92 Å². The van der Waals surface area contributed by atoms with Crippen LogP contribution in [0.2, 0.25) is 0 Å². The Bertz CT molecular complexity index is 739. The van der Waals surface area contributed by atoms with Gasteiger partial charge in [0.05, 0.1) is 0 Å². The van der Waals surface area contributed by atoms with E-state index in [1.807, 2.05) is 12.1 Å². The van der Waals surface area contributed by atoms with Crippen LogP contribution >= 0.6 is 0 Å². The Labute approximate surface area is 162 Å². The van der Waals surface area contributed by atoms with Crippen LogP contribution in [0.15, 0.2) is 42.5 Å². The van der Waals surface area contributed by atoms with Gasteiger partial charge in [-0.2, -0.15) is 0 Å². The fraction of sp³-hybridized carbons (Fsp3) is 0.478. The molecule has 1 aliphatic rings. The lowest BCUT2D eigenvalue weighted by Crippen LogP contribution is -2.32. The summed E-state index contributed by atoms with van der Waals surface area (Å²) in [5, 5.41) is 18.5. The van der Waals surface area contributed by atoms with Crippen LogP contribution in [-0.4, -0.2) is 17.2 Å². The lowest BCUT2D eigenvalue weighted by Gasteiger charge is -2.30. The Kier molecular flexibility index (Phi) is 7.09. The Balaban J connectivity index is 1.75. The van der Waals surface area contributed by atoms with Crippen LogP contribution in [0, 0.1) is 11.7 Å². The zero-order valence-electron chi connectivity index (χ0n) is 16.2. The van der Waals surface area contributed by atoms with Gasteiger partial charge in [-0.3, -0.25) is 0 Å². The van der Waals surface area contributed by atoms with Crippen molar-refractivity contribution >= 4 is 12.6 Å². The van der Waals surface area contributed by atoms with Crippen molar-refractivity contribution in [1.29, 1.82) is 0 Å². The maximum Gasteiger partial charge on any atom is 0.491 e. The number of rotatable bonds is 7. The highest BCUT2D eigenvalue weighted by Crippen LogP contribution is 2.41. The van der Waals surface area contributed by atoms with Crippen molar-refractivity contribution in [2.75, 3.05) is 0 Å². The highest BCUT2D eigenvalue weighted by molar-refractivity contribution is 6.58. The summed E-state index contributed by atoms with van der Waals surface area (Å²) in [4.78, 5) is 0. The SMILES string of the molecule is CCCCCC1CCC(c2ccccc2-c2ccc(B(O)O)c(F)c2)CC1. The number of hydrogen-bond donors (Lipinski definition) is 2. The second kappa shape index (κ2) is 9.52. The predicted molar refractivity (Wildman–Crippen MR) is 111 cm³/mol. The van der Waals surface area contributed by atoms with Gasteiger partial charge in [-0.1, -0.05) is 69.0 Å². The van der Waals surface area contributed by atoms with Gasteiger partial charge in [0.25, 0.3) is 0 Å². The van der Waals surface area contributed by atoms with Crippen molar-refractivity contribution in [1.82, 2.24) is 0 Å². The van der Waals surface area contributed by atoms with E-state index in [-0.39, 0.29) is 5.46 Å². The summed E-state index contributed by atoms with van der Waals surface area (Å²) in [6, 6.07) is 12.9. The molecular formula is C23H30BFO2. The van der Waals surface area contributed by atoms with Crippen LogP contribution in [-0.2, 0) is 0 Å². The zero-order chi connectivity index (χ0) is 19.2. The van der Waals surface area contributed by atoms with Crippen molar-refractivity contribution in [2.45, 2.75) is 64.2 Å². The number of benzene rings is 2. The molecule has 0 aliphatic heterocycles. The first-order chi connectivity index (χ1) is 13.1. The molecule has 3 rings (SSSR count). The van der Waals surface area contributed by atoms with Crippen molar-refractivity contribution < 1.29 is 14.4 Å². The van der Waals surface area contributed by atoms with Crippen LogP contribution in [0.25, 0.3) is 11.1 Å². The maximum atomic E-state index is 14.2. The Hall–Kier alpha value is -1.65. The molecule has 2 N–H and O–H groups in total. The van der Waals surface area contributed by atoms with E-state index in [9.17, 15) is 14.4 Å². The highest BCUT2D eigenvalue weighted by atomic mass is 19.1.